The van der Waals surface area contributed by atoms with Crippen LogP contribution in [0.2, 0.25) is 0 Å². The van der Waals surface area contributed by atoms with Crippen LogP contribution in [-0.4, -0.2) is 36.8 Å². The van der Waals surface area contributed by atoms with E-state index in [1.165, 1.54) is 38.5 Å². The Morgan fingerprint density at radius 2 is 1.25 bits per heavy atom. The molecule has 0 heterocycles. The first-order valence-electron chi connectivity index (χ1n) is 6.55. The quantitative estimate of drug-likeness (QED) is 0.578. The van der Waals surface area contributed by atoms with E-state index in [9.17, 15) is 0 Å². The molecule has 0 spiro atoms. The van der Waals surface area contributed by atoms with Gasteiger partial charge in [-0.2, -0.15) is 5.43 Å². The Balaban J connectivity index is 0.000000963. The van der Waals surface area contributed by atoms with Crippen molar-refractivity contribution in [3.63, 3.8) is 0 Å². The number of hydrogen-bond acceptors (Lipinski definition) is 2. The average molecular weight is 226 g/mol. The summed E-state index contributed by atoms with van der Waals surface area (Å²) >= 11 is 0. The van der Waals surface area contributed by atoms with Crippen molar-refractivity contribution in [2.45, 2.75) is 44.1 Å². The van der Waals surface area contributed by atoms with Gasteiger partial charge in [0.15, 0.2) is 0 Å². The van der Waals surface area contributed by atoms with Crippen LogP contribution in [0.5, 0.6) is 0 Å². The predicted octanol–water partition coefficient (Wildman–Crippen LogP) is 1.99. The molecule has 0 aromatic carbocycles. The van der Waals surface area contributed by atoms with Crippen molar-refractivity contribution in [1.82, 2.24) is 5.43 Å². The second-order valence-corrected chi connectivity index (χ2v) is 7.32. The zero-order valence-electron chi connectivity index (χ0n) is 10.9. The highest BCUT2D eigenvalue weighted by atomic mass is 16.0. The summed E-state index contributed by atoms with van der Waals surface area (Å²) in [4.78, 5) is 0. The Bertz CT molecular complexity index is 234. The van der Waals surface area contributed by atoms with Gasteiger partial charge in [0.2, 0.25) is 0 Å². The van der Waals surface area contributed by atoms with Crippen molar-refractivity contribution in [3.8, 4) is 0 Å². The second kappa shape index (κ2) is 3.69. The summed E-state index contributed by atoms with van der Waals surface area (Å²) < 4.78 is 0.923. The van der Waals surface area contributed by atoms with Gasteiger partial charge in [-0.15, -0.1) is 0 Å². The summed E-state index contributed by atoms with van der Waals surface area (Å²) in [5.74, 6) is 3.15. The van der Waals surface area contributed by atoms with E-state index >= 15 is 0 Å². The van der Waals surface area contributed by atoms with Gasteiger partial charge in [0.05, 0.1) is 26.7 Å². The molecule has 4 aliphatic carbocycles. The Labute approximate surface area is 99.1 Å². The predicted molar refractivity (Wildman–Crippen MR) is 64.0 cm³/mol. The highest BCUT2D eigenvalue weighted by Gasteiger charge is 2.52. The smallest absolute Gasteiger partial charge is 0.0853 e. The monoisotopic (exact) mass is 226 g/mol. The van der Waals surface area contributed by atoms with E-state index in [0.717, 1.165) is 22.3 Å². The van der Waals surface area contributed by atoms with Crippen LogP contribution in [-0.2, 0) is 0 Å². The van der Waals surface area contributed by atoms with E-state index in [4.69, 9.17) is 0 Å². The summed E-state index contributed by atoms with van der Waals surface area (Å²) in [6.45, 7) is 0. The molecule has 0 aromatic heterocycles. The van der Waals surface area contributed by atoms with E-state index < -0.39 is 0 Å². The standard InChI is InChI=1S/C13H25N2.H2O/c1-15(2,3)14-13-7-10-4-11(8-13)6-12(5-10)9-13;/h10-12,14H,4-9H2,1-3H3;1H2/q+1;/p-1. The summed E-state index contributed by atoms with van der Waals surface area (Å²) in [5.41, 5.74) is 4.41. The lowest BCUT2D eigenvalue weighted by Gasteiger charge is -2.57. The fourth-order valence-corrected chi connectivity index (χ4v) is 4.96. The normalized spacial score (nSPS) is 45.6. The lowest BCUT2D eigenvalue weighted by Crippen LogP contribution is -2.66. The van der Waals surface area contributed by atoms with Gasteiger partial charge < -0.3 is 5.48 Å². The molecule has 0 radical (unpaired) electrons. The molecular weight excluding hydrogens is 200 g/mol. The molecule has 94 valence electrons. The Morgan fingerprint density at radius 1 is 0.875 bits per heavy atom. The molecule has 0 aromatic rings. The summed E-state index contributed by atoms with van der Waals surface area (Å²) in [6.07, 6.45) is 8.98. The molecule has 4 bridgehead atoms. The summed E-state index contributed by atoms with van der Waals surface area (Å²) in [6, 6.07) is 0. The average Bonchev–Trinajstić information content (AvgIpc) is 1.94. The molecule has 4 aliphatic rings. The third kappa shape index (κ3) is 2.13. The maximum atomic E-state index is 3.90. The minimum Gasteiger partial charge on any atom is -0.870 e. The topological polar surface area (TPSA) is 42.0 Å². The van der Waals surface area contributed by atoms with Crippen molar-refractivity contribution in [3.05, 3.63) is 0 Å². The van der Waals surface area contributed by atoms with Gasteiger partial charge in [-0.1, -0.05) is 0 Å². The van der Waals surface area contributed by atoms with Crippen molar-refractivity contribution >= 4 is 0 Å². The van der Waals surface area contributed by atoms with Gasteiger partial charge in [0, 0.05) is 0 Å². The van der Waals surface area contributed by atoms with E-state index in [1.54, 1.807) is 0 Å². The van der Waals surface area contributed by atoms with E-state index in [1.807, 2.05) is 0 Å². The third-order valence-corrected chi connectivity index (χ3v) is 4.61. The lowest BCUT2D eigenvalue weighted by molar-refractivity contribution is -0.923. The summed E-state index contributed by atoms with van der Waals surface area (Å²) in [5, 5.41) is 0. The van der Waals surface area contributed by atoms with Gasteiger partial charge in [-0.25, -0.2) is 0 Å². The minimum absolute atomic E-state index is 0. The first-order valence-corrected chi connectivity index (χ1v) is 6.55. The highest BCUT2D eigenvalue weighted by molar-refractivity contribution is 5.05. The first-order chi connectivity index (χ1) is 6.94. The third-order valence-electron chi connectivity index (χ3n) is 4.61. The van der Waals surface area contributed by atoms with Crippen LogP contribution in [0.4, 0.5) is 0 Å². The van der Waals surface area contributed by atoms with Crippen molar-refractivity contribution in [2.24, 2.45) is 17.8 Å². The number of nitrogens with zero attached hydrogens (tertiary/aromatic N) is 1. The molecule has 0 saturated heterocycles. The van der Waals surface area contributed by atoms with Crippen LogP contribution in [0.3, 0.4) is 0 Å². The van der Waals surface area contributed by atoms with Gasteiger partial charge in [-0.3, -0.25) is 4.59 Å². The minimum atomic E-state index is 0. The lowest BCUT2D eigenvalue weighted by atomic mass is 9.53. The SMILES string of the molecule is C[N+](C)(C)NC12CC3CC(CC(C3)C1)C2.[OH-]. The largest absolute Gasteiger partial charge is 0.870 e. The van der Waals surface area contributed by atoms with Gasteiger partial charge in [0.1, 0.15) is 0 Å². The molecule has 16 heavy (non-hydrogen) atoms. The first kappa shape index (κ1) is 12.3. The molecule has 0 aliphatic heterocycles. The van der Waals surface area contributed by atoms with E-state index in [-0.39, 0.29) is 5.48 Å². The van der Waals surface area contributed by atoms with Crippen LogP contribution in [0.25, 0.3) is 0 Å². The molecule has 3 heteroatoms. The number of nitrogens with one attached hydrogen (secondary N) is 1. The van der Waals surface area contributed by atoms with Crippen molar-refractivity contribution in [2.75, 3.05) is 21.1 Å². The Hall–Kier alpha value is -0.120. The molecule has 4 fully saturated rings. The van der Waals surface area contributed by atoms with Crippen molar-refractivity contribution in [1.29, 1.82) is 0 Å². The van der Waals surface area contributed by atoms with Gasteiger partial charge in [-0.05, 0) is 56.3 Å². The fraction of sp³-hybridized carbons (Fsp3) is 1.00. The molecule has 0 amide bonds. The fourth-order valence-electron chi connectivity index (χ4n) is 4.96. The molecule has 3 nitrogen and oxygen atoms in total. The zero-order chi connectivity index (χ0) is 10.7. The van der Waals surface area contributed by atoms with Crippen LogP contribution in [0.15, 0.2) is 0 Å². The maximum Gasteiger partial charge on any atom is 0.0853 e. The van der Waals surface area contributed by atoms with Crippen molar-refractivity contribution < 1.29 is 10.1 Å². The zero-order valence-corrected chi connectivity index (χ0v) is 10.9. The highest BCUT2D eigenvalue weighted by Crippen LogP contribution is 2.55. The number of quaternary nitrogens is 1. The van der Waals surface area contributed by atoms with E-state index in [0.29, 0.717) is 5.54 Å². The van der Waals surface area contributed by atoms with Crippen LogP contribution in [0.1, 0.15) is 38.5 Å². The van der Waals surface area contributed by atoms with E-state index in [2.05, 4.69) is 26.6 Å². The van der Waals surface area contributed by atoms with Gasteiger partial charge in [0.25, 0.3) is 0 Å². The maximum absolute atomic E-state index is 3.90. The Morgan fingerprint density at radius 3 is 1.56 bits per heavy atom. The molecule has 0 unspecified atom stereocenters. The van der Waals surface area contributed by atoms with Crippen LogP contribution < -0.4 is 5.43 Å². The van der Waals surface area contributed by atoms with Gasteiger partial charge >= 0.3 is 0 Å². The molecule has 4 saturated carbocycles. The summed E-state index contributed by atoms with van der Waals surface area (Å²) in [7, 11) is 6.79. The van der Waals surface area contributed by atoms with Crippen LogP contribution in [0, 0.1) is 17.8 Å². The number of hydrogen-bond donors (Lipinski definition) is 1. The molecule has 2 N–H and O–H groups in total. The molecule has 0 atom stereocenters. The van der Waals surface area contributed by atoms with Crippen LogP contribution >= 0.6 is 0 Å². The molecular formula is C13H26N2O. The number of rotatable bonds is 2. The second-order valence-electron chi connectivity index (χ2n) is 7.32. The Kier molecular flexibility index (Phi) is 2.84. The molecule has 4 rings (SSSR count).